The SMILES string of the molecule is N#Cc1cccc(-c2cc(-c3ccccc3)cc(-c3cccc(-n4c5ccccc5c5ccc6c(c7ccccc7n6-c6ccccc6)c54)c3)n2)c1. The third-order valence-corrected chi connectivity index (χ3v) is 10.1. The number of nitrogens with zero attached hydrogens (tertiary/aromatic N) is 4. The molecule has 0 fully saturated rings. The van der Waals surface area contributed by atoms with Crippen LogP contribution in [0.3, 0.4) is 0 Å². The van der Waals surface area contributed by atoms with Crippen molar-refractivity contribution in [1.29, 1.82) is 5.26 Å². The summed E-state index contributed by atoms with van der Waals surface area (Å²) in [5.74, 6) is 0. The number of benzene rings is 7. The number of aromatic nitrogens is 3. The van der Waals surface area contributed by atoms with Crippen LogP contribution >= 0.6 is 0 Å². The summed E-state index contributed by atoms with van der Waals surface area (Å²) in [6.45, 7) is 0. The average molecular weight is 663 g/mol. The maximum Gasteiger partial charge on any atom is 0.0991 e. The molecule has 10 aromatic rings. The monoisotopic (exact) mass is 662 g/mol. The first-order chi connectivity index (χ1) is 25.7. The quantitative estimate of drug-likeness (QED) is 0.184. The summed E-state index contributed by atoms with van der Waals surface area (Å²) in [5.41, 5.74) is 13.3. The summed E-state index contributed by atoms with van der Waals surface area (Å²) < 4.78 is 4.81. The molecule has 10 rings (SSSR count). The second kappa shape index (κ2) is 12.0. The van der Waals surface area contributed by atoms with Crippen LogP contribution in [0.4, 0.5) is 0 Å². The fourth-order valence-corrected chi connectivity index (χ4v) is 7.81. The molecule has 3 aromatic heterocycles. The van der Waals surface area contributed by atoms with Gasteiger partial charge >= 0.3 is 0 Å². The third-order valence-electron chi connectivity index (χ3n) is 10.1. The minimum Gasteiger partial charge on any atom is -0.309 e. The molecule has 242 valence electrons. The summed E-state index contributed by atoms with van der Waals surface area (Å²) in [5, 5.41) is 14.5. The van der Waals surface area contributed by atoms with Gasteiger partial charge in [-0.1, -0.05) is 115 Å². The number of hydrogen-bond acceptors (Lipinski definition) is 2. The molecule has 0 aliphatic carbocycles. The Labute approximate surface area is 300 Å². The first-order valence-corrected chi connectivity index (χ1v) is 17.4. The largest absolute Gasteiger partial charge is 0.309 e. The van der Waals surface area contributed by atoms with Gasteiger partial charge in [-0.3, -0.25) is 0 Å². The smallest absolute Gasteiger partial charge is 0.0991 e. The summed E-state index contributed by atoms with van der Waals surface area (Å²) in [7, 11) is 0. The zero-order valence-electron chi connectivity index (χ0n) is 28.1. The van der Waals surface area contributed by atoms with E-state index >= 15 is 0 Å². The molecule has 0 saturated heterocycles. The van der Waals surface area contributed by atoms with E-state index in [-0.39, 0.29) is 0 Å². The van der Waals surface area contributed by atoms with Crippen LogP contribution in [0, 0.1) is 11.3 Å². The first kappa shape index (κ1) is 29.7. The Kier molecular flexibility index (Phi) is 6.84. The number of nitriles is 1. The zero-order valence-corrected chi connectivity index (χ0v) is 28.1. The predicted octanol–water partition coefficient (Wildman–Crippen LogP) is 12.1. The molecule has 0 saturated carbocycles. The van der Waals surface area contributed by atoms with Crippen LogP contribution in [-0.4, -0.2) is 14.1 Å². The van der Waals surface area contributed by atoms with Gasteiger partial charge < -0.3 is 9.13 Å². The van der Waals surface area contributed by atoms with Crippen molar-refractivity contribution in [2.75, 3.05) is 0 Å². The average Bonchev–Trinajstić information content (AvgIpc) is 3.74. The number of para-hydroxylation sites is 3. The van der Waals surface area contributed by atoms with Crippen LogP contribution in [0.5, 0.6) is 0 Å². The van der Waals surface area contributed by atoms with Gasteiger partial charge in [-0.15, -0.1) is 0 Å². The molecule has 52 heavy (non-hydrogen) atoms. The number of hydrogen-bond donors (Lipinski definition) is 0. The Morgan fingerprint density at radius 2 is 1.00 bits per heavy atom. The Morgan fingerprint density at radius 1 is 0.404 bits per heavy atom. The van der Waals surface area contributed by atoms with Gasteiger partial charge in [0.1, 0.15) is 0 Å². The zero-order chi connectivity index (χ0) is 34.6. The van der Waals surface area contributed by atoms with Crippen molar-refractivity contribution < 1.29 is 0 Å². The van der Waals surface area contributed by atoms with Crippen LogP contribution in [0.25, 0.3) is 88.6 Å². The van der Waals surface area contributed by atoms with E-state index in [1.54, 1.807) is 0 Å². The summed E-state index contributed by atoms with van der Waals surface area (Å²) in [4.78, 5) is 5.23. The lowest BCUT2D eigenvalue weighted by Gasteiger charge is -2.13. The minimum atomic E-state index is 0.610. The Morgan fingerprint density at radius 3 is 1.75 bits per heavy atom. The van der Waals surface area contributed by atoms with Gasteiger partial charge in [0.05, 0.1) is 45.1 Å². The van der Waals surface area contributed by atoms with Gasteiger partial charge in [-0.25, -0.2) is 4.98 Å². The van der Waals surface area contributed by atoms with Crippen molar-refractivity contribution in [3.63, 3.8) is 0 Å². The molecule has 4 nitrogen and oxygen atoms in total. The maximum atomic E-state index is 9.66. The number of rotatable bonds is 5. The van der Waals surface area contributed by atoms with Crippen LogP contribution in [0.15, 0.2) is 182 Å². The molecule has 0 unspecified atom stereocenters. The normalized spacial score (nSPS) is 11.4. The predicted molar refractivity (Wildman–Crippen MR) is 214 cm³/mol. The topological polar surface area (TPSA) is 46.5 Å². The van der Waals surface area contributed by atoms with E-state index in [1.165, 1.54) is 38.1 Å². The summed E-state index contributed by atoms with van der Waals surface area (Å²) in [6, 6.07) is 66.0. The molecule has 0 atom stereocenters. The first-order valence-electron chi connectivity index (χ1n) is 17.4. The highest BCUT2D eigenvalue weighted by molar-refractivity contribution is 6.26. The highest BCUT2D eigenvalue weighted by Crippen LogP contribution is 2.42. The van der Waals surface area contributed by atoms with Crippen LogP contribution in [0.2, 0.25) is 0 Å². The second-order valence-corrected chi connectivity index (χ2v) is 13.1. The molecule has 0 amide bonds. The lowest BCUT2D eigenvalue weighted by atomic mass is 9.99. The van der Waals surface area contributed by atoms with E-state index in [9.17, 15) is 5.26 Å². The van der Waals surface area contributed by atoms with Gasteiger partial charge in [0, 0.05) is 44.0 Å². The van der Waals surface area contributed by atoms with E-state index in [0.29, 0.717) is 5.56 Å². The van der Waals surface area contributed by atoms with Crippen molar-refractivity contribution in [3.8, 4) is 51.1 Å². The molecule has 0 radical (unpaired) electrons. The second-order valence-electron chi connectivity index (χ2n) is 13.1. The summed E-state index contributed by atoms with van der Waals surface area (Å²) >= 11 is 0. The van der Waals surface area contributed by atoms with Crippen molar-refractivity contribution in [2.24, 2.45) is 0 Å². The van der Waals surface area contributed by atoms with E-state index in [4.69, 9.17) is 4.98 Å². The van der Waals surface area contributed by atoms with Gasteiger partial charge in [-0.05, 0) is 77.9 Å². The Balaban J connectivity index is 1.24. The van der Waals surface area contributed by atoms with Crippen molar-refractivity contribution in [3.05, 3.63) is 188 Å². The molecular weight excluding hydrogens is 633 g/mol. The minimum absolute atomic E-state index is 0.610. The molecule has 4 heteroatoms. The highest BCUT2D eigenvalue weighted by atomic mass is 15.0. The molecule has 3 heterocycles. The number of fused-ring (bicyclic) bond motifs is 7. The standard InChI is InChI=1S/C48H30N4/c49-31-32-13-11-16-34(27-32)42-29-36(33-14-3-1-4-15-33)30-43(50-42)35-17-12-20-38(28-35)52-44-23-9-7-21-39(44)40-25-26-46-47(48(40)52)41-22-8-10-24-45(41)51(46)37-18-5-2-6-19-37/h1-30H. The lowest BCUT2D eigenvalue weighted by Crippen LogP contribution is -1.97. The fourth-order valence-electron chi connectivity index (χ4n) is 7.81. The van der Waals surface area contributed by atoms with E-state index in [2.05, 4.69) is 167 Å². The van der Waals surface area contributed by atoms with Crippen molar-refractivity contribution in [1.82, 2.24) is 14.1 Å². The van der Waals surface area contributed by atoms with Crippen LogP contribution in [0.1, 0.15) is 5.56 Å². The molecule has 0 bridgehead atoms. The lowest BCUT2D eigenvalue weighted by molar-refractivity contribution is 1.17. The van der Waals surface area contributed by atoms with E-state index in [0.717, 1.165) is 50.5 Å². The van der Waals surface area contributed by atoms with E-state index in [1.807, 2.05) is 30.3 Å². The number of pyridine rings is 1. The summed E-state index contributed by atoms with van der Waals surface area (Å²) in [6.07, 6.45) is 0. The van der Waals surface area contributed by atoms with Gasteiger partial charge in [0.25, 0.3) is 0 Å². The Bertz CT molecular complexity index is 3020. The highest BCUT2D eigenvalue weighted by Gasteiger charge is 2.21. The maximum absolute atomic E-state index is 9.66. The van der Waals surface area contributed by atoms with Crippen LogP contribution in [-0.2, 0) is 0 Å². The molecule has 0 N–H and O–H groups in total. The third kappa shape index (κ3) is 4.72. The van der Waals surface area contributed by atoms with Crippen molar-refractivity contribution in [2.45, 2.75) is 0 Å². The molecule has 7 aromatic carbocycles. The van der Waals surface area contributed by atoms with E-state index < -0.39 is 0 Å². The fraction of sp³-hybridized carbons (Fsp3) is 0. The van der Waals surface area contributed by atoms with Gasteiger partial charge in [0.2, 0.25) is 0 Å². The van der Waals surface area contributed by atoms with Crippen molar-refractivity contribution >= 4 is 43.6 Å². The molecule has 0 spiro atoms. The van der Waals surface area contributed by atoms with Gasteiger partial charge in [-0.2, -0.15) is 5.26 Å². The molecule has 0 aliphatic rings. The molecule has 0 aliphatic heterocycles. The van der Waals surface area contributed by atoms with Crippen LogP contribution < -0.4 is 0 Å². The van der Waals surface area contributed by atoms with Gasteiger partial charge in [0.15, 0.2) is 0 Å². The molecular formula is C48H30N4. The Hall–Kier alpha value is -7.22.